The topological polar surface area (TPSA) is 79.0 Å². The molecule has 5 rings (SSSR count). The first-order valence-corrected chi connectivity index (χ1v) is 9.60. The first-order valence-electron chi connectivity index (χ1n) is 9.60. The van der Waals surface area contributed by atoms with E-state index in [-0.39, 0.29) is 5.60 Å². The molecule has 2 aliphatic heterocycles. The van der Waals surface area contributed by atoms with E-state index in [0.717, 1.165) is 49.5 Å². The summed E-state index contributed by atoms with van der Waals surface area (Å²) in [5.74, 6) is 0.982. The van der Waals surface area contributed by atoms with Crippen molar-refractivity contribution in [2.24, 2.45) is 0 Å². The van der Waals surface area contributed by atoms with Gasteiger partial charge in [0, 0.05) is 25.2 Å². The lowest BCUT2D eigenvalue weighted by Crippen LogP contribution is -2.47. The van der Waals surface area contributed by atoms with Crippen molar-refractivity contribution in [2.75, 3.05) is 24.6 Å². The molecule has 3 aliphatic rings. The average Bonchev–Trinajstić information content (AvgIpc) is 3.38. The van der Waals surface area contributed by atoms with Crippen molar-refractivity contribution in [3.63, 3.8) is 0 Å². The summed E-state index contributed by atoms with van der Waals surface area (Å²) in [6.45, 7) is 2.92. The molecule has 7 nitrogen and oxygen atoms in total. The van der Waals surface area contributed by atoms with Crippen LogP contribution in [0.25, 0.3) is 11.2 Å². The second-order valence-electron chi connectivity index (χ2n) is 7.83. The van der Waals surface area contributed by atoms with Gasteiger partial charge in [0.25, 0.3) is 0 Å². The molecular weight excluding hydrogens is 316 g/mol. The molecule has 0 radical (unpaired) electrons. The summed E-state index contributed by atoms with van der Waals surface area (Å²) in [6.07, 6.45) is 12.0. The van der Waals surface area contributed by atoms with Gasteiger partial charge in [-0.2, -0.15) is 0 Å². The second-order valence-corrected chi connectivity index (χ2v) is 7.83. The van der Waals surface area contributed by atoms with Gasteiger partial charge < -0.3 is 19.9 Å². The normalized spacial score (nSPS) is 26.9. The SMILES string of the molecule is c1nc(N2CCC(N[C@@H]3COC4(CCCC4)C3)CC2)c2[nH]cnc2n1. The van der Waals surface area contributed by atoms with E-state index in [4.69, 9.17) is 4.74 Å². The molecule has 134 valence electrons. The van der Waals surface area contributed by atoms with Crippen LogP contribution in [0, 0.1) is 0 Å². The summed E-state index contributed by atoms with van der Waals surface area (Å²) in [7, 11) is 0. The molecular formula is C18H26N6O. The Labute approximate surface area is 147 Å². The fourth-order valence-electron chi connectivity index (χ4n) is 4.90. The predicted octanol–water partition coefficient (Wildman–Crippen LogP) is 2.01. The number of aromatic nitrogens is 4. The van der Waals surface area contributed by atoms with Crippen molar-refractivity contribution in [1.29, 1.82) is 0 Å². The standard InChI is InChI=1S/C18H26N6O/c1-2-6-18(5-1)9-14(10-25-18)23-13-3-7-24(8-4-13)17-15-16(20-11-19-15)21-12-22-17/h11-14,23H,1-10H2,(H,19,20,21,22)/t14-/m0/s1. The summed E-state index contributed by atoms with van der Waals surface area (Å²) < 4.78 is 6.18. The molecule has 2 N–H and O–H groups in total. The Balaban J connectivity index is 1.19. The van der Waals surface area contributed by atoms with E-state index in [9.17, 15) is 0 Å². The first kappa shape index (κ1) is 15.5. The molecule has 25 heavy (non-hydrogen) atoms. The lowest BCUT2D eigenvalue weighted by Gasteiger charge is -2.34. The van der Waals surface area contributed by atoms with Gasteiger partial charge in [-0.15, -0.1) is 0 Å². The van der Waals surface area contributed by atoms with Gasteiger partial charge in [-0.1, -0.05) is 12.8 Å². The van der Waals surface area contributed by atoms with Gasteiger partial charge in [0.2, 0.25) is 0 Å². The Morgan fingerprint density at radius 1 is 1.12 bits per heavy atom. The molecule has 2 saturated heterocycles. The third kappa shape index (κ3) is 2.89. The zero-order valence-corrected chi connectivity index (χ0v) is 14.6. The highest BCUT2D eigenvalue weighted by atomic mass is 16.5. The van der Waals surface area contributed by atoms with E-state index in [2.05, 4.69) is 30.2 Å². The van der Waals surface area contributed by atoms with Crippen molar-refractivity contribution < 1.29 is 4.74 Å². The van der Waals surface area contributed by atoms with Crippen LogP contribution in [0.3, 0.4) is 0 Å². The van der Waals surface area contributed by atoms with Crippen LogP contribution < -0.4 is 10.2 Å². The minimum absolute atomic E-state index is 0.214. The number of hydrogen-bond acceptors (Lipinski definition) is 6. The minimum atomic E-state index is 0.214. The summed E-state index contributed by atoms with van der Waals surface area (Å²) in [4.78, 5) is 18.4. The molecule has 1 saturated carbocycles. The zero-order chi connectivity index (χ0) is 16.7. The lowest BCUT2D eigenvalue weighted by molar-refractivity contribution is 0.00978. The minimum Gasteiger partial charge on any atom is -0.373 e. The molecule has 1 atom stereocenters. The van der Waals surface area contributed by atoms with Crippen LogP contribution in [0.1, 0.15) is 44.9 Å². The van der Waals surface area contributed by atoms with E-state index < -0.39 is 0 Å². The Bertz CT molecular complexity index is 732. The Kier molecular flexibility index (Phi) is 3.86. The number of hydrogen-bond donors (Lipinski definition) is 2. The monoisotopic (exact) mass is 342 g/mol. The molecule has 3 fully saturated rings. The Hall–Kier alpha value is -1.73. The highest BCUT2D eigenvalue weighted by Crippen LogP contribution is 2.41. The molecule has 0 amide bonds. The van der Waals surface area contributed by atoms with Gasteiger partial charge in [-0.05, 0) is 32.1 Å². The number of ether oxygens (including phenoxy) is 1. The van der Waals surface area contributed by atoms with Gasteiger partial charge in [-0.25, -0.2) is 15.0 Å². The van der Waals surface area contributed by atoms with E-state index in [0.29, 0.717) is 12.1 Å². The summed E-state index contributed by atoms with van der Waals surface area (Å²) >= 11 is 0. The van der Waals surface area contributed by atoms with Crippen LogP contribution in [0.5, 0.6) is 0 Å². The van der Waals surface area contributed by atoms with Crippen LogP contribution >= 0.6 is 0 Å². The number of fused-ring (bicyclic) bond motifs is 1. The molecule has 1 spiro atoms. The maximum atomic E-state index is 6.18. The van der Waals surface area contributed by atoms with Crippen molar-refractivity contribution in [3.05, 3.63) is 12.7 Å². The Morgan fingerprint density at radius 3 is 2.80 bits per heavy atom. The quantitative estimate of drug-likeness (QED) is 0.888. The number of rotatable bonds is 3. The van der Waals surface area contributed by atoms with Crippen LogP contribution in [0.2, 0.25) is 0 Å². The molecule has 7 heteroatoms. The summed E-state index contributed by atoms with van der Waals surface area (Å²) in [6, 6.07) is 1.12. The number of anilines is 1. The summed E-state index contributed by atoms with van der Waals surface area (Å²) in [5, 5.41) is 3.87. The van der Waals surface area contributed by atoms with Crippen LogP contribution in [-0.4, -0.2) is 57.3 Å². The van der Waals surface area contributed by atoms with Crippen LogP contribution in [0.4, 0.5) is 5.82 Å². The molecule has 2 aromatic heterocycles. The maximum Gasteiger partial charge on any atom is 0.182 e. The Morgan fingerprint density at radius 2 is 1.96 bits per heavy atom. The predicted molar refractivity (Wildman–Crippen MR) is 95.6 cm³/mol. The average molecular weight is 342 g/mol. The van der Waals surface area contributed by atoms with Gasteiger partial charge >= 0.3 is 0 Å². The number of piperidine rings is 1. The van der Waals surface area contributed by atoms with E-state index in [1.54, 1.807) is 12.7 Å². The van der Waals surface area contributed by atoms with Gasteiger partial charge in [-0.3, -0.25) is 0 Å². The summed E-state index contributed by atoms with van der Waals surface area (Å²) in [5.41, 5.74) is 1.91. The zero-order valence-electron chi connectivity index (χ0n) is 14.6. The van der Waals surface area contributed by atoms with Gasteiger partial charge in [0.1, 0.15) is 11.8 Å². The smallest absolute Gasteiger partial charge is 0.182 e. The van der Waals surface area contributed by atoms with Crippen molar-refractivity contribution in [3.8, 4) is 0 Å². The molecule has 1 aliphatic carbocycles. The molecule has 0 bridgehead atoms. The van der Waals surface area contributed by atoms with Gasteiger partial charge in [0.05, 0.1) is 18.5 Å². The fourth-order valence-corrected chi connectivity index (χ4v) is 4.90. The van der Waals surface area contributed by atoms with E-state index in [1.165, 1.54) is 32.1 Å². The van der Waals surface area contributed by atoms with Crippen molar-refractivity contribution >= 4 is 17.0 Å². The van der Waals surface area contributed by atoms with Crippen LogP contribution in [0.15, 0.2) is 12.7 Å². The fraction of sp³-hybridized carbons (Fsp3) is 0.722. The largest absolute Gasteiger partial charge is 0.373 e. The van der Waals surface area contributed by atoms with E-state index in [1.807, 2.05) is 0 Å². The number of aromatic amines is 1. The first-order chi connectivity index (χ1) is 12.3. The van der Waals surface area contributed by atoms with Crippen molar-refractivity contribution in [1.82, 2.24) is 25.3 Å². The lowest BCUT2D eigenvalue weighted by atomic mass is 9.95. The highest BCUT2D eigenvalue weighted by molar-refractivity contribution is 5.82. The molecule has 0 unspecified atom stereocenters. The number of nitrogens with one attached hydrogen (secondary N) is 2. The number of H-pyrrole nitrogens is 1. The van der Waals surface area contributed by atoms with Crippen LogP contribution in [-0.2, 0) is 4.74 Å². The molecule has 0 aromatic carbocycles. The number of imidazole rings is 1. The third-order valence-electron chi connectivity index (χ3n) is 6.19. The molecule has 4 heterocycles. The van der Waals surface area contributed by atoms with Gasteiger partial charge in [0.15, 0.2) is 11.5 Å². The highest BCUT2D eigenvalue weighted by Gasteiger charge is 2.42. The second kappa shape index (κ2) is 6.21. The third-order valence-corrected chi connectivity index (χ3v) is 6.19. The van der Waals surface area contributed by atoms with E-state index >= 15 is 0 Å². The number of nitrogens with zero attached hydrogens (tertiary/aromatic N) is 4. The maximum absolute atomic E-state index is 6.18. The van der Waals surface area contributed by atoms with Crippen molar-refractivity contribution in [2.45, 2.75) is 62.6 Å². The molecule has 2 aromatic rings.